The molecule has 1 amide bonds. The number of hydrogen-bond acceptors (Lipinski definition) is 7. The first-order valence-electron chi connectivity index (χ1n) is 10.8. The van der Waals surface area contributed by atoms with Crippen LogP contribution in [0.5, 0.6) is 11.5 Å². The molecule has 12 heteroatoms. The molecule has 0 atom stereocenters. The van der Waals surface area contributed by atoms with Crippen LogP contribution in [-0.2, 0) is 0 Å². The number of ether oxygens (including phenoxy) is 2. The minimum atomic E-state index is -0.139. The molecule has 1 aliphatic heterocycles. The van der Waals surface area contributed by atoms with E-state index in [9.17, 15) is 4.79 Å². The highest BCUT2D eigenvalue weighted by molar-refractivity contribution is 5.95. The summed E-state index contributed by atoms with van der Waals surface area (Å²) >= 11 is 0. The lowest BCUT2D eigenvalue weighted by Crippen LogP contribution is -2.44. The van der Waals surface area contributed by atoms with E-state index in [0.717, 1.165) is 50.4 Å². The number of amides is 1. The summed E-state index contributed by atoms with van der Waals surface area (Å²) in [5.41, 5.74) is 9.37. The van der Waals surface area contributed by atoms with Crippen LogP contribution in [0, 0.1) is 0 Å². The summed E-state index contributed by atoms with van der Waals surface area (Å²) in [6.07, 6.45) is 4.53. The first-order valence-corrected chi connectivity index (χ1v) is 10.8. The molecular formula is C23H33Cl3N6O3. The number of nitrogens with one attached hydrogen (secondary N) is 2. The van der Waals surface area contributed by atoms with Crippen molar-refractivity contribution in [3.05, 3.63) is 42.2 Å². The second-order valence-corrected chi connectivity index (χ2v) is 7.81. The number of nitrogen functional groups attached to an aromatic ring is 1. The number of nitrogens with two attached hydrogens (primary N) is 1. The third-order valence-corrected chi connectivity index (χ3v) is 5.67. The van der Waals surface area contributed by atoms with Gasteiger partial charge in [0.05, 0.1) is 31.2 Å². The number of pyridine rings is 1. The number of hydrogen-bond donors (Lipinski definition) is 3. The lowest BCUT2D eigenvalue weighted by molar-refractivity contribution is 0.0951. The minimum Gasteiger partial charge on any atom is -0.493 e. The lowest BCUT2D eigenvalue weighted by Gasteiger charge is -2.27. The van der Waals surface area contributed by atoms with Gasteiger partial charge in [-0.3, -0.25) is 4.79 Å². The van der Waals surface area contributed by atoms with E-state index >= 15 is 0 Å². The Morgan fingerprint density at radius 3 is 2.49 bits per heavy atom. The van der Waals surface area contributed by atoms with E-state index < -0.39 is 0 Å². The summed E-state index contributed by atoms with van der Waals surface area (Å²) in [5.74, 6) is 1.13. The maximum atomic E-state index is 12.7. The molecule has 0 aliphatic carbocycles. The largest absolute Gasteiger partial charge is 0.493 e. The van der Waals surface area contributed by atoms with E-state index in [2.05, 4.69) is 20.5 Å². The molecular weight excluding hydrogens is 515 g/mol. The number of fused-ring (bicyclic) bond motifs is 1. The fourth-order valence-corrected chi connectivity index (χ4v) is 3.93. The highest BCUT2D eigenvalue weighted by Gasteiger charge is 2.14. The minimum absolute atomic E-state index is 0. The first-order chi connectivity index (χ1) is 15.6. The number of aromatic nitrogens is 2. The van der Waals surface area contributed by atoms with Crippen molar-refractivity contribution in [1.29, 1.82) is 0 Å². The van der Waals surface area contributed by atoms with Gasteiger partial charge in [-0.25, -0.2) is 4.98 Å². The number of halogens is 3. The Kier molecular flexibility index (Phi) is 12.4. The molecule has 2 aromatic heterocycles. The summed E-state index contributed by atoms with van der Waals surface area (Å²) in [6, 6.07) is 7.28. The molecule has 194 valence electrons. The molecule has 9 nitrogen and oxygen atoms in total. The standard InChI is InChI=1S/C23H30N6O3.3ClH/c1-31-20-5-4-16(13-21(20)32-2)19-15-29-14-17(12-18(24)22(29)27-19)23(30)26-6-3-9-28-10-7-25-8-11-28;;;/h4-5,12-15,25H,3,6-11,24H2,1-2H3,(H,26,30);3*1H. The quantitative estimate of drug-likeness (QED) is 0.372. The van der Waals surface area contributed by atoms with Gasteiger partial charge in [0.25, 0.3) is 5.91 Å². The highest BCUT2D eigenvalue weighted by Crippen LogP contribution is 2.32. The van der Waals surface area contributed by atoms with E-state index in [-0.39, 0.29) is 43.1 Å². The van der Waals surface area contributed by atoms with E-state index in [1.807, 2.05) is 24.4 Å². The van der Waals surface area contributed by atoms with Crippen molar-refractivity contribution >= 4 is 54.5 Å². The van der Waals surface area contributed by atoms with Crippen molar-refractivity contribution in [3.63, 3.8) is 0 Å². The number of methoxy groups -OCH3 is 2. The smallest absolute Gasteiger partial charge is 0.252 e. The number of anilines is 1. The molecule has 35 heavy (non-hydrogen) atoms. The van der Waals surface area contributed by atoms with Crippen LogP contribution in [0.15, 0.2) is 36.7 Å². The summed E-state index contributed by atoms with van der Waals surface area (Å²) in [4.78, 5) is 19.7. The molecule has 4 N–H and O–H groups in total. The van der Waals surface area contributed by atoms with Crippen LogP contribution in [0.1, 0.15) is 16.8 Å². The number of nitrogens with zero attached hydrogens (tertiary/aromatic N) is 3. The van der Waals surface area contributed by atoms with E-state index in [0.29, 0.717) is 34.9 Å². The van der Waals surface area contributed by atoms with Gasteiger partial charge < -0.3 is 35.1 Å². The van der Waals surface area contributed by atoms with E-state index in [1.165, 1.54) is 0 Å². The maximum Gasteiger partial charge on any atom is 0.252 e. The van der Waals surface area contributed by atoms with Gasteiger partial charge >= 0.3 is 0 Å². The number of carbonyl (C=O) groups excluding carboxylic acids is 1. The van der Waals surface area contributed by atoms with Crippen molar-refractivity contribution in [2.24, 2.45) is 0 Å². The van der Waals surface area contributed by atoms with Crippen molar-refractivity contribution in [2.45, 2.75) is 6.42 Å². The second kappa shape index (κ2) is 14.2. The van der Waals surface area contributed by atoms with Crippen molar-refractivity contribution in [2.75, 3.05) is 59.2 Å². The molecule has 0 spiro atoms. The van der Waals surface area contributed by atoms with Crippen LogP contribution < -0.4 is 25.8 Å². The molecule has 1 aromatic carbocycles. The zero-order valence-electron chi connectivity index (χ0n) is 19.8. The fraction of sp³-hybridized carbons (Fsp3) is 0.391. The SMILES string of the molecule is COc1ccc(-c2cn3cc(C(=O)NCCCN4CCNCC4)cc(N)c3n2)cc1OC.Cl.Cl.Cl. The monoisotopic (exact) mass is 546 g/mol. The van der Waals surface area contributed by atoms with Crippen LogP contribution in [0.3, 0.4) is 0 Å². The topological polar surface area (TPSA) is 106 Å². The number of imidazole rings is 1. The van der Waals surface area contributed by atoms with Crippen molar-refractivity contribution in [3.8, 4) is 22.8 Å². The van der Waals surface area contributed by atoms with Gasteiger partial charge in [-0.1, -0.05) is 0 Å². The first kappa shape index (κ1) is 30.6. The fourth-order valence-electron chi connectivity index (χ4n) is 3.93. The Hall–Kier alpha value is -2.43. The summed E-state index contributed by atoms with van der Waals surface area (Å²) in [6.45, 7) is 5.79. The Labute approximate surface area is 224 Å². The molecule has 3 aromatic rings. The van der Waals surface area contributed by atoms with Crippen molar-refractivity contribution < 1.29 is 14.3 Å². The Bertz CT molecular complexity index is 1110. The molecule has 0 unspecified atom stereocenters. The molecule has 4 rings (SSSR count). The van der Waals surface area contributed by atoms with E-state index in [4.69, 9.17) is 15.2 Å². The highest BCUT2D eigenvalue weighted by atomic mass is 35.5. The van der Waals surface area contributed by atoms with Crippen molar-refractivity contribution in [1.82, 2.24) is 24.9 Å². The van der Waals surface area contributed by atoms with Crippen LogP contribution in [0.4, 0.5) is 5.69 Å². The summed E-state index contributed by atoms with van der Waals surface area (Å²) in [7, 11) is 3.19. The van der Waals surface area contributed by atoms with Gasteiger partial charge in [-0.05, 0) is 37.2 Å². The van der Waals surface area contributed by atoms with Crippen LogP contribution in [0.25, 0.3) is 16.9 Å². The zero-order valence-corrected chi connectivity index (χ0v) is 22.2. The van der Waals surface area contributed by atoms with Gasteiger partial charge in [0.15, 0.2) is 17.1 Å². The molecule has 1 saturated heterocycles. The number of benzene rings is 1. The number of rotatable bonds is 8. The molecule has 1 aliphatic rings. The summed E-state index contributed by atoms with van der Waals surface area (Å²) < 4.78 is 12.5. The van der Waals surface area contributed by atoms with Crippen LogP contribution >= 0.6 is 37.2 Å². The molecule has 0 bridgehead atoms. The number of carbonyl (C=O) groups is 1. The van der Waals surface area contributed by atoms with Gasteiger partial charge in [-0.2, -0.15) is 0 Å². The maximum absolute atomic E-state index is 12.7. The second-order valence-electron chi connectivity index (χ2n) is 7.81. The average Bonchev–Trinajstić information content (AvgIpc) is 3.27. The van der Waals surface area contributed by atoms with Gasteiger partial charge in [0.1, 0.15) is 0 Å². The third-order valence-electron chi connectivity index (χ3n) is 5.67. The lowest BCUT2D eigenvalue weighted by atomic mass is 10.1. The van der Waals surface area contributed by atoms with Crippen LogP contribution in [-0.4, -0.2) is 73.7 Å². The predicted molar refractivity (Wildman–Crippen MR) is 146 cm³/mol. The molecule has 0 radical (unpaired) electrons. The van der Waals surface area contributed by atoms with E-state index in [1.54, 1.807) is 30.9 Å². The zero-order chi connectivity index (χ0) is 22.5. The third kappa shape index (κ3) is 7.28. The normalized spacial score (nSPS) is 13.2. The molecule has 1 fully saturated rings. The Morgan fingerprint density at radius 2 is 1.80 bits per heavy atom. The number of piperazine rings is 1. The average molecular weight is 548 g/mol. The molecule has 0 saturated carbocycles. The van der Waals surface area contributed by atoms with Crippen LogP contribution in [0.2, 0.25) is 0 Å². The van der Waals surface area contributed by atoms with Gasteiger partial charge in [0, 0.05) is 50.7 Å². The Morgan fingerprint density at radius 1 is 1.09 bits per heavy atom. The summed E-state index contributed by atoms with van der Waals surface area (Å²) in [5, 5.41) is 6.34. The molecule has 3 heterocycles. The van der Waals surface area contributed by atoms with Gasteiger partial charge in [-0.15, -0.1) is 37.2 Å². The van der Waals surface area contributed by atoms with Gasteiger partial charge in [0.2, 0.25) is 0 Å². The predicted octanol–water partition coefficient (Wildman–Crippen LogP) is 2.89. The Balaban J connectivity index is 0.00000204.